The lowest BCUT2D eigenvalue weighted by molar-refractivity contribution is -0.310. The third kappa shape index (κ3) is 3.87. The van der Waals surface area contributed by atoms with Gasteiger partial charge in [-0.1, -0.05) is 68.2 Å². The van der Waals surface area contributed by atoms with Gasteiger partial charge < -0.3 is 0 Å². The van der Waals surface area contributed by atoms with Gasteiger partial charge in [-0.05, 0) is 61.2 Å². The number of rotatable bonds is 3. The Labute approximate surface area is 170 Å². The fraction of sp³-hybridized carbons (Fsp3) is 1.00. The van der Waals surface area contributed by atoms with Gasteiger partial charge in [0.05, 0.1) is 0 Å². The van der Waals surface area contributed by atoms with Gasteiger partial charge in [-0.25, -0.2) is 0 Å². The van der Waals surface area contributed by atoms with E-state index in [1.807, 2.05) is 0 Å². The monoisotopic (exact) mass is 406 g/mol. The van der Waals surface area contributed by atoms with Crippen LogP contribution in [-0.2, 0) is 0 Å². The lowest BCUT2D eigenvalue weighted by atomic mass is 9.51. The zero-order valence-corrected chi connectivity index (χ0v) is 19.3. The fourth-order valence-corrected chi connectivity index (χ4v) is 5.91. The molecule has 4 heteroatoms. The van der Waals surface area contributed by atoms with Crippen molar-refractivity contribution < 1.29 is 17.6 Å². The molecule has 2 fully saturated rings. The highest BCUT2D eigenvalue weighted by Crippen LogP contribution is 2.63. The summed E-state index contributed by atoms with van der Waals surface area (Å²) in [7, 11) is 0. The van der Waals surface area contributed by atoms with Crippen molar-refractivity contribution in [1.82, 2.24) is 0 Å². The summed E-state index contributed by atoms with van der Waals surface area (Å²) in [5, 5.41) is 0. The third-order valence-corrected chi connectivity index (χ3v) is 8.36. The Morgan fingerprint density at radius 1 is 0.714 bits per heavy atom. The van der Waals surface area contributed by atoms with Crippen LogP contribution >= 0.6 is 0 Å². The molecule has 2 unspecified atom stereocenters. The second kappa shape index (κ2) is 7.15. The highest BCUT2D eigenvalue weighted by atomic mass is 19.3. The summed E-state index contributed by atoms with van der Waals surface area (Å²) in [6.45, 7) is 14.1. The molecule has 0 aromatic heterocycles. The van der Waals surface area contributed by atoms with E-state index < -0.39 is 22.7 Å². The molecule has 0 nitrogen and oxygen atoms in total. The first kappa shape index (κ1) is 24.0. The molecule has 0 heterocycles. The standard InChI is InChI=1S/C24H42F4/c1-19(2,3)17-11-9-10-12-18(17)21(7)13-15-22(8,16-14-21)24(27,28)23(25,26)20(4,5)6/h17-18H,9-16H2,1-8H3. The van der Waals surface area contributed by atoms with E-state index in [-0.39, 0.29) is 23.7 Å². The molecule has 0 aromatic carbocycles. The highest BCUT2D eigenvalue weighted by Gasteiger charge is 2.71. The number of hydrogen-bond acceptors (Lipinski definition) is 0. The Morgan fingerprint density at radius 2 is 1.18 bits per heavy atom. The van der Waals surface area contributed by atoms with Crippen molar-refractivity contribution in [2.24, 2.45) is 33.5 Å². The molecule has 2 rings (SSSR count). The minimum atomic E-state index is -4.03. The lowest BCUT2D eigenvalue weighted by Crippen LogP contribution is -2.60. The highest BCUT2D eigenvalue weighted by molar-refractivity contribution is 5.07. The maximum absolute atomic E-state index is 15.2. The average molecular weight is 407 g/mol. The Balaban J connectivity index is 2.24. The van der Waals surface area contributed by atoms with E-state index in [0.717, 1.165) is 6.42 Å². The smallest absolute Gasteiger partial charge is 0.199 e. The largest absolute Gasteiger partial charge is 0.315 e. The predicted molar refractivity (Wildman–Crippen MR) is 109 cm³/mol. The van der Waals surface area contributed by atoms with Gasteiger partial charge in [-0.3, -0.25) is 0 Å². The van der Waals surface area contributed by atoms with E-state index in [0.29, 0.717) is 24.7 Å². The Hall–Kier alpha value is -0.280. The van der Waals surface area contributed by atoms with Gasteiger partial charge >= 0.3 is 11.8 Å². The van der Waals surface area contributed by atoms with Crippen LogP contribution in [0.2, 0.25) is 0 Å². The van der Waals surface area contributed by atoms with Crippen molar-refractivity contribution in [3.05, 3.63) is 0 Å². The zero-order chi connectivity index (χ0) is 21.8. The summed E-state index contributed by atoms with van der Waals surface area (Å²) >= 11 is 0. The van der Waals surface area contributed by atoms with Crippen molar-refractivity contribution in [1.29, 1.82) is 0 Å². The SMILES string of the molecule is CC(C)(C)C1CCCCC1C1(C)CCC(C)(C(F)(F)C(F)(F)C(C)(C)C)CC1. The van der Waals surface area contributed by atoms with Crippen LogP contribution in [-0.4, -0.2) is 11.8 Å². The van der Waals surface area contributed by atoms with Gasteiger partial charge in [0.25, 0.3) is 0 Å². The molecular formula is C24H42F4. The molecule has 0 bridgehead atoms. The molecule has 0 radical (unpaired) electrons. The minimum Gasteiger partial charge on any atom is -0.199 e. The summed E-state index contributed by atoms with van der Waals surface area (Å²) in [4.78, 5) is 0. The maximum Gasteiger partial charge on any atom is 0.315 e. The molecule has 2 saturated carbocycles. The van der Waals surface area contributed by atoms with Crippen LogP contribution in [0.1, 0.15) is 107 Å². The van der Waals surface area contributed by atoms with Crippen LogP contribution in [0.25, 0.3) is 0 Å². The van der Waals surface area contributed by atoms with Crippen molar-refractivity contribution in [2.75, 3.05) is 0 Å². The van der Waals surface area contributed by atoms with Crippen LogP contribution in [0.4, 0.5) is 17.6 Å². The quantitative estimate of drug-likeness (QED) is 0.411. The van der Waals surface area contributed by atoms with E-state index in [1.54, 1.807) is 0 Å². The number of hydrogen-bond donors (Lipinski definition) is 0. The first-order valence-corrected chi connectivity index (χ1v) is 11.1. The van der Waals surface area contributed by atoms with Crippen molar-refractivity contribution in [3.63, 3.8) is 0 Å². The predicted octanol–water partition coefficient (Wildman–Crippen LogP) is 8.74. The van der Waals surface area contributed by atoms with E-state index >= 15 is 8.78 Å². The van der Waals surface area contributed by atoms with E-state index in [1.165, 1.54) is 47.0 Å². The fourth-order valence-electron chi connectivity index (χ4n) is 5.91. The molecule has 28 heavy (non-hydrogen) atoms. The second-order valence-corrected chi connectivity index (χ2v) is 12.5. The van der Waals surface area contributed by atoms with Gasteiger partial charge in [-0.2, -0.15) is 17.6 Å². The van der Waals surface area contributed by atoms with Crippen LogP contribution in [0.5, 0.6) is 0 Å². The third-order valence-electron chi connectivity index (χ3n) is 8.36. The van der Waals surface area contributed by atoms with Crippen LogP contribution < -0.4 is 0 Å². The van der Waals surface area contributed by atoms with Crippen molar-refractivity contribution >= 4 is 0 Å². The maximum atomic E-state index is 15.2. The first-order valence-electron chi connectivity index (χ1n) is 11.1. The van der Waals surface area contributed by atoms with E-state index in [4.69, 9.17) is 0 Å². The van der Waals surface area contributed by atoms with Crippen molar-refractivity contribution in [2.45, 2.75) is 119 Å². The molecule has 0 aliphatic heterocycles. The first-order chi connectivity index (χ1) is 12.4. The number of alkyl halides is 4. The Morgan fingerprint density at radius 3 is 1.61 bits per heavy atom. The molecule has 2 atom stereocenters. The molecule has 2 aliphatic carbocycles. The molecular weight excluding hydrogens is 364 g/mol. The summed E-state index contributed by atoms with van der Waals surface area (Å²) < 4.78 is 59.9. The molecule has 0 N–H and O–H groups in total. The molecule has 0 aromatic rings. The molecule has 0 saturated heterocycles. The van der Waals surface area contributed by atoms with E-state index in [9.17, 15) is 8.78 Å². The molecule has 166 valence electrons. The Bertz CT molecular complexity index is 542. The van der Waals surface area contributed by atoms with E-state index in [2.05, 4.69) is 27.7 Å². The average Bonchev–Trinajstić information content (AvgIpc) is 2.56. The van der Waals surface area contributed by atoms with Crippen LogP contribution in [0.15, 0.2) is 0 Å². The minimum absolute atomic E-state index is 0.0228. The van der Waals surface area contributed by atoms with Gasteiger partial charge in [0.2, 0.25) is 0 Å². The van der Waals surface area contributed by atoms with Gasteiger partial charge in [0.15, 0.2) is 0 Å². The van der Waals surface area contributed by atoms with Gasteiger partial charge in [0.1, 0.15) is 0 Å². The van der Waals surface area contributed by atoms with Gasteiger partial charge in [-0.15, -0.1) is 0 Å². The number of halogens is 4. The molecule has 2 aliphatic rings. The zero-order valence-electron chi connectivity index (χ0n) is 19.3. The van der Waals surface area contributed by atoms with Crippen LogP contribution in [0, 0.1) is 33.5 Å². The normalized spacial score (nSPS) is 36.4. The topological polar surface area (TPSA) is 0 Å². The second-order valence-electron chi connectivity index (χ2n) is 12.5. The molecule has 0 spiro atoms. The van der Waals surface area contributed by atoms with Crippen molar-refractivity contribution in [3.8, 4) is 0 Å². The van der Waals surface area contributed by atoms with Gasteiger partial charge in [0, 0.05) is 10.8 Å². The molecule has 0 amide bonds. The summed E-state index contributed by atoms with van der Waals surface area (Å²) in [6.07, 6.45) is 6.37. The summed E-state index contributed by atoms with van der Waals surface area (Å²) in [6, 6.07) is 0. The summed E-state index contributed by atoms with van der Waals surface area (Å²) in [5.41, 5.74) is -3.24. The van der Waals surface area contributed by atoms with Crippen LogP contribution in [0.3, 0.4) is 0 Å². The Kier molecular flexibility index (Phi) is 6.13. The summed E-state index contributed by atoms with van der Waals surface area (Å²) in [5.74, 6) is -6.95. The lowest BCUT2D eigenvalue weighted by Gasteiger charge is -2.55.